The molecule has 1 aromatic carbocycles. The van der Waals surface area contributed by atoms with Gasteiger partial charge in [0.1, 0.15) is 5.75 Å². The summed E-state index contributed by atoms with van der Waals surface area (Å²) in [6.07, 6.45) is 5.51. The van der Waals surface area contributed by atoms with Crippen LogP contribution in [0.2, 0.25) is 5.02 Å². The molecule has 8 heteroatoms. The summed E-state index contributed by atoms with van der Waals surface area (Å²) in [5.41, 5.74) is 0.689. The minimum absolute atomic E-state index is 0.0149. The quantitative estimate of drug-likeness (QED) is 0.665. The first-order valence-electron chi connectivity index (χ1n) is 11.3. The molecule has 0 saturated carbocycles. The van der Waals surface area contributed by atoms with E-state index in [4.69, 9.17) is 21.1 Å². The molecule has 2 fully saturated rings. The lowest BCUT2D eigenvalue weighted by Gasteiger charge is -2.42. The van der Waals surface area contributed by atoms with Crippen molar-refractivity contribution in [3.8, 4) is 5.75 Å². The van der Waals surface area contributed by atoms with Crippen molar-refractivity contribution >= 4 is 29.3 Å². The number of piperidine rings is 2. The van der Waals surface area contributed by atoms with Crippen molar-refractivity contribution in [2.75, 3.05) is 45.2 Å². The maximum Gasteiger partial charge on any atom is 0.409 e. The minimum atomic E-state index is -0.193. The third-order valence-electron chi connectivity index (χ3n) is 6.27. The van der Waals surface area contributed by atoms with Gasteiger partial charge in [-0.1, -0.05) is 11.6 Å². The second-order valence-corrected chi connectivity index (χ2v) is 8.76. The van der Waals surface area contributed by atoms with Gasteiger partial charge in [-0.2, -0.15) is 0 Å². The van der Waals surface area contributed by atoms with Crippen molar-refractivity contribution in [3.05, 3.63) is 23.2 Å². The summed E-state index contributed by atoms with van der Waals surface area (Å²) < 4.78 is 10.3. The summed E-state index contributed by atoms with van der Waals surface area (Å²) in [5.74, 6) is 1.14. The smallest absolute Gasteiger partial charge is 0.409 e. The lowest BCUT2D eigenvalue weighted by molar-refractivity contribution is -0.116. The molecule has 0 aromatic heterocycles. The number of carbonyl (C=O) groups excluding carboxylic acids is 2. The Kier molecular flexibility index (Phi) is 8.84. The van der Waals surface area contributed by atoms with Gasteiger partial charge in [0.15, 0.2) is 0 Å². The van der Waals surface area contributed by atoms with E-state index >= 15 is 0 Å². The SMILES string of the molecule is CCOC(=O)N1CCC(N2CCC[C@H](CCC(=O)Nc3ccc(OC)c(Cl)c3)C2)CC1. The van der Waals surface area contributed by atoms with Gasteiger partial charge in [-0.15, -0.1) is 0 Å². The molecule has 7 nitrogen and oxygen atoms in total. The fourth-order valence-corrected chi connectivity index (χ4v) is 4.85. The van der Waals surface area contributed by atoms with E-state index in [2.05, 4.69) is 10.2 Å². The van der Waals surface area contributed by atoms with Crippen LogP contribution in [0, 0.1) is 5.92 Å². The molecule has 2 amide bonds. The molecule has 31 heavy (non-hydrogen) atoms. The molecule has 0 aliphatic carbocycles. The van der Waals surface area contributed by atoms with Crippen LogP contribution in [0.25, 0.3) is 0 Å². The van der Waals surface area contributed by atoms with Crippen molar-refractivity contribution < 1.29 is 19.1 Å². The van der Waals surface area contributed by atoms with Gasteiger partial charge >= 0.3 is 6.09 Å². The third kappa shape index (κ3) is 6.74. The fourth-order valence-electron chi connectivity index (χ4n) is 4.60. The highest BCUT2D eigenvalue weighted by molar-refractivity contribution is 6.32. The standard InChI is InChI=1S/C23H34ClN3O4/c1-3-31-23(29)26-13-10-19(11-14-26)27-12-4-5-17(16-27)6-9-22(28)25-18-7-8-21(30-2)20(24)15-18/h7-8,15,17,19H,3-6,9-14,16H2,1-2H3,(H,25,28)/t17-/m1/s1. The van der Waals surface area contributed by atoms with Crippen LogP contribution in [0.15, 0.2) is 18.2 Å². The van der Waals surface area contributed by atoms with E-state index in [0.29, 0.717) is 41.4 Å². The van der Waals surface area contributed by atoms with E-state index in [9.17, 15) is 9.59 Å². The van der Waals surface area contributed by atoms with Crippen molar-refractivity contribution in [3.63, 3.8) is 0 Å². The Hall–Kier alpha value is -1.99. The first kappa shape index (κ1) is 23.7. The topological polar surface area (TPSA) is 71.1 Å². The summed E-state index contributed by atoms with van der Waals surface area (Å²) in [6, 6.07) is 5.78. The molecule has 1 atom stereocenters. The number of hydrogen-bond donors (Lipinski definition) is 1. The van der Waals surface area contributed by atoms with Gasteiger partial charge in [-0.05, 0) is 69.7 Å². The van der Waals surface area contributed by atoms with Crippen molar-refractivity contribution in [2.24, 2.45) is 5.92 Å². The minimum Gasteiger partial charge on any atom is -0.495 e. The maximum atomic E-state index is 12.4. The van der Waals surface area contributed by atoms with Crippen LogP contribution < -0.4 is 10.1 Å². The van der Waals surface area contributed by atoms with E-state index in [0.717, 1.165) is 45.4 Å². The zero-order valence-corrected chi connectivity index (χ0v) is 19.3. The molecule has 0 spiro atoms. The van der Waals surface area contributed by atoms with Crippen LogP contribution >= 0.6 is 11.6 Å². The molecule has 1 aromatic rings. The van der Waals surface area contributed by atoms with E-state index in [1.807, 2.05) is 11.8 Å². The van der Waals surface area contributed by atoms with Gasteiger partial charge in [0, 0.05) is 37.8 Å². The Morgan fingerprint density at radius 1 is 1.19 bits per heavy atom. The highest BCUT2D eigenvalue weighted by atomic mass is 35.5. The Bertz CT molecular complexity index is 752. The number of amides is 2. The number of ether oxygens (including phenoxy) is 2. The molecule has 0 bridgehead atoms. The number of hydrogen-bond acceptors (Lipinski definition) is 5. The lowest BCUT2D eigenvalue weighted by atomic mass is 9.90. The predicted octanol–water partition coefficient (Wildman–Crippen LogP) is 4.40. The molecule has 172 valence electrons. The summed E-state index contributed by atoms with van der Waals surface area (Å²) in [5, 5.41) is 3.42. The van der Waals surface area contributed by atoms with Gasteiger partial charge in [0.25, 0.3) is 0 Å². The summed E-state index contributed by atoms with van der Waals surface area (Å²) in [6.45, 7) is 5.93. The molecule has 2 aliphatic heterocycles. The fraction of sp³-hybridized carbons (Fsp3) is 0.652. The summed E-state index contributed by atoms with van der Waals surface area (Å²) >= 11 is 6.13. The van der Waals surface area contributed by atoms with Gasteiger partial charge in [-0.25, -0.2) is 4.79 Å². The number of nitrogens with one attached hydrogen (secondary N) is 1. The molecule has 2 saturated heterocycles. The monoisotopic (exact) mass is 451 g/mol. The molecule has 1 N–H and O–H groups in total. The van der Waals surface area contributed by atoms with Crippen molar-refractivity contribution in [1.82, 2.24) is 9.80 Å². The molecular formula is C23H34ClN3O4. The number of halogens is 1. The van der Waals surface area contributed by atoms with Gasteiger partial charge in [0.05, 0.1) is 18.7 Å². The van der Waals surface area contributed by atoms with E-state index in [-0.39, 0.29) is 12.0 Å². The van der Waals surface area contributed by atoms with E-state index in [1.54, 1.807) is 25.3 Å². The van der Waals surface area contributed by atoms with Crippen LogP contribution in [-0.2, 0) is 9.53 Å². The molecular weight excluding hydrogens is 418 g/mol. The van der Waals surface area contributed by atoms with E-state index in [1.165, 1.54) is 12.8 Å². The number of carbonyl (C=O) groups is 2. The number of methoxy groups -OCH3 is 1. The Balaban J connectivity index is 1.41. The molecule has 2 aliphatic rings. The van der Waals surface area contributed by atoms with Crippen LogP contribution in [0.4, 0.5) is 10.5 Å². The molecule has 0 unspecified atom stereocenters. The first-order valence-corrected chi connectivity index (χ1v) is 11.7. The van der Waals surface area contributed by atoms with Crippen LogP contribution in [0.5, 0.6) is 5.75 Å². The first-order chi connectivity index (χ1) is 15.0. The van der Waals surface area contributed by atoms with Crippen molar-refractivity contribution in [2.45, 2.75) is 51.5 Å². The number of nitrogens with zero attached hydrogens (tertiary/aromatic N) is 2. The van der Waals surface area contributed by atoms with Gasteiger partial charge in [0.2, 0.25) is 5.91 Å². The molecule has 0 radical (unpaired) electrons. The molecule has 2 heterocycles. The molecule has 3 rings (SSSR count). The van der Waals surface area contributed by atoms with E-state index < -0.39 is 0 Å². The lowest BCUT2D eigenvalue weighted by Crippen LogP contribution is -2.49. The average Bonchev–Trinajstić information content (AvgIpc) is 2.78. The maximum absolute atomic E-state index is 12.4. The number of benzene rings is 1. The van der Waals surface area contributed by atoms with Gasteiger partial charge < -0.3 is 19.7 Å². The van der Waals surface area contributed by atoms with Gasteiger partial charge in [-0.3, -0.25) is 9.69 Å². The predicted molar refractivity (Wildman–Crippen MR) is 122 cm³/mol. The normalized spacial score (nSPS) is 20.4. The Labute approximate surface area is 190 Å². The highest BCUT2D eigenvalue weighted by Crippen LogP contribution is 2.28. The Morgan fingerprint density at radius 2 is 1.97 bits per heavy atom. The zero-order chi connectivity index (χ0) is 22.2. The second-order valence-electron chi connectivity index (χ2n) is 8.36. The average molecular weight is 452 g/mol. The van der Waals surface area contributed by atoms with Crippen LogP contribution in [0.1, 0.15) is 45.4 Å². The Morgan fingerprint density at radius 3 is 2.65 bits per heavy atom. The summed E-state index contributed by atoms with van der Waals surface area (Å²) in [7, 11) is 1.57. The number of anilines is 1. The summed E-state index contributed by atoms with van der Waals surface area (Å²) in [4.78, 5) is 28.7. The van der Waals surface area contributed by atoms with Crippen LogP contribution in [0.3, 0.4) is 0 Å². The number of rotatable bonds is 7. The number of likely N-dealkylation sites (tertiary alicyclic amines) is 2. The zero-order valence-electron chi connectivity index (χ0n) is 18.6. The highest BCUT2D eigenvalue weighted by Gasteiger charge is 2.30. The largest absolute Gasteiger partial charge is 0.495 e. The van der Waals surface area contributed by atoms with Crippen molar-refractivity contribution in [1.29, 1.82) is 0 Å². The third-order valence-corrected chi connectivity index (χ3v) is 6.57. The second kappa shape index (κ2) is 11.6. The van der Waals surface area contributed by atoms with Crippen LogP contribution in [-0.4, -0.2) is 67.7 Å².